The van der Waals surface area contributed by atoms with Gasteiger partial charge in [0.05, 0.1) is 24.6 Å². The molecular formula is C36H40N2O4. The van der Waals surface area contributed by atoms with E-state index in [-0.39, 0.29) is 12.0 Å². The fourth-order valence-corrected chi connectivity index (χ4v) is 6.70. The van der Waals surface area contributed by atoms with Crippen LogP contribution in [0.25, 0.3) is 10.9 Å². The summed E-state index contributed by atoms with van der Waals surface area (Å²) < 4.78 is 5.35. The number of fused-ring (bicyclic) bond motifs is 4. The van der Waals surface area contributed by atoms with Crippen LogP contribution in [0.5, 0.6) is 5.75 Å². The maximum Gasteiger partial charge on any atom is 0.311 e. The third kappa shape index (κ3) is 6.25. The number of hydrogen-bond donors (Lipinski definition) is 2. The molecule has 218 valence electrons. The number of aromatic nitrogens is 1. The Bertz CT molecular complexity index is 1490. The summed E-state index contributed by atoms with van der Waals surface area (Å²) in [6, 6.07) is 27.1. The molecule has 7 rings (SSSR count). The fourth-order valence-electron chi connectivity index (χ4n) is 6.70. The molecule has 1 aromatic heterocycles. The summed E-state index contributed by atoms with van der Waals surface area (Å²) in [4.78, 5) is 18.4. The summed E-state index contributed by atoms with van der Waals surface area (Å²) >= 11 is 0. The molecule has 3 aliphatic rings. The van der Waals surface area contributed by atoms with Crippen molar-refractivity contribution in [3.8, 4) is 5.75 Å². The van der Waals surface area contributed by atoms with E-state index in [1.165, 1.54) is 6.42 Å². The van der Waals surface area contributed by atoms with E-state index < -0.39 is 18.0 Å². The summed E-state index contributed by atoms with van der Waals surface area (Å²) in [5.41, 5.74) is 3.74. The number of aliphatic hydroxyl groups is 1. The molecule has 0 saturated carbocycles. The van der Waals surface area contributed by atoms with Crippen LogP contribution < -0.4 is 4.74 Å². The van der Waals surface area contributed by atoms with Crippen molar-refractivity contribution in [1.29, 1.82) is 0 Å². The summed E-state index contributed by atoms with van der Waals surface area (Å²) in [5, 5.41) is 21.6. The van der Waals surface area contributed by atoms with Crippen LogP contribution in [0.15, 0.2) is 104 Å². The lowest BCUT2D eigenvalue weighted by Crippen LogP contribution is -2.54. The zero-order valence-electron chi connectivity index (χ0n) is 24.3. The molecule has 42 heavy (non-hydrogen) atoms. The summed E-state index contributed by atoms with van der Waals surface area (Å²) in [6.07, 6.45) is 5.62. The van der Waals surface area contributed by atoms with Gasteiger partial charge >= 0.3 is 5.97 Å². The van der Waals surface area contributed by atoms with Gasteiger partial charge in [-0.25, -0.2) is 0 Å². The maximum absolute atomic E-state index is 11.5. The Kier molecular flexibility index (Phi) is 9.35. The Balaban J connectivity index is 0.000000176. The lowest BCUT2D eigenvalue weighted by Gasteiger charge is -2.50. The number of rotatable bonds is 8. The third-order valence-electron chi connectivity index (χ3n) is 9.07. The highest BCUT2D eigenvalue weighted by Gasteiger charge is 2.42. The van der Waals surface area contributed by atoms with E-state index in [2.05, 4.69) is 22.5 Å². The van der Waals surface area contributed by atoms with E-state index in [0.29, 0.717) is 11.8 Å². The van der Waals surface area contributed by atoms with Crippen molar-refractivity contribution in [2.45, 2.75) is 43.7 Å². The monoisotopic (exact) mass is 564 g/mol. The first-order chi connectivity index (χ1) is 20.4. The third-order valence-corrected chi connectivity index (χ3v) is 9.07. The molecule has 0 radical (unpaired) electrons. The Morgan fingerprint density at radius 3 is 2.33 bits per heavy atom. The second-order valence-corrected chi connectivity index (χ2v) is 11.4. The van der Waals surface area contributed by atoms with Gasteiger partial charge in [-0.3, -0.25) is 14.7 Å². The molecule has 6 nitrogen and oxygen atoms in total. The molecule has 4 aromatic rings. The molecule has 3 aliphatic heterocycles. The van der Waals surface area contributed by atoms with E-state index in [1.807, 2.05) is 91.9 Å². The van der Waals surface area contributed by atoms with Gasteiger partial charge in [-0.2, -0.15) is 0 Å². The summed E-state index contributed by atoms with van der Waals surface area (Å²) in [6.45, 7) is 8.03. The lowest BCUT2D eigenvalue weighted by atomic mass is 9.73. The first kappa shape index (κ1) is 29.5. The first-order valence-electron chi connectivity index (χ1n) is 14.7. The van der Waals surface area contributed by atoms with Crippen molar-refractivity contribution in [3.63, 3.8) is 0 Å². The number of carbonyl (C=O) groups is 1. The molecule has 3 aromatic carbocycles. The average molecular weight is 565 g/mol. The fraction of sp³-hybridized carbons (Fsp3) is 0.333. The minimum Gasteiger partial charge on any atom is -0.497 e. The second-order valence-electron chi connectivity index (χ2n) is 11.4. The van der Waals surface area contributed by atoms with Gasteiger partial charge in [-0.05, 0) is 78.1 Å². The van der Waals surface area contributed by atoms with Crippen LogP contribution in [0, 0.1) is 11.8 Å². The smallest absolute Gasteiger partial charge is 0.311 e. The van der Waals surface area contributed by atoms with Crippen LogP contribution in [0.2, 0.25) is 0 Å². The molecule has 6 heteroatoms. The molecule has 0 aliphatic carbocycles. The number of carboxylic acids is 1. The number of carboxylic acid groups (broad SMARTS) is 1. The van der Waals surface area contributed by atoms with Crippen LogP contribution in [0.3, 0.4) is 0 Å². The molecule has 4 heterocycles. The van der Waals surface area contributed by atoms with Crippen molar-refractivity contribution in [1.82, 2.24) is 9.88 Å². The molecule has 3 fully saturated rings. The van der Waals surface area contributed by atoms with Gasteiger partial charge in [0.15, 0.2) is 0 Å². The van der Waals surface area contributed by atoms with Crippen LogP contribution in [-0.2, 0) is 4.79 Å². The number of aliphatic hydroxyl groups excluding tert-OH is 1. The van der Waals surface area contributed by atoms with E-state index >= 15 is 0 Å². The van der Waals surface area contributed by atoms with Gasteiger partial charge in [0.2, 0.25) is 0 Å². The van der Waals surface area contributed by atoms with Crippen molar-refractivity contribution in [2.24, 2.45) is 11.8 Å². The number of methoxy groups -OCH3 is 1. The molecule has 2 N–H and O–H groups in total. The average Bonchev–Trinajstić information content (AvgIpc) is 3.05. The number of nitrogens with zero attached hydrogens (tertiary/aromatic N) is 2. The molecular weight excluding hydrogens is 524 g/mol. The number of pyridine rings is 1. The van der Waals surface area contributed by atoms with E-state index in [0.717, 1.165) is 52.9 Å². The van der Waals surface area contributed by atoms with E-state index in [9.17, 15) is 15.0 Å². The second kappa shape index (κ2) is 13.3. The van der Waals surface area contributed by atoms with Crippen molar-refractivity contribution in [3.05, 3.63) is 120 Å². The largest absolute Gasteiger partial charge is 0.497 e. The predicted octanol–water partition coefficient (Wildman–Crippen LogP) is 6.83. The van der Waals surface area contributed by atoms with Gasteiger partial charge in [-0.15, -0.1) is 6.58 Å². The first-order valence-corrected chi connectivity index (χ1v) is 14.7. The standard InChI is InChI=1S/C20H24N2O2.C16H16O2/c1-3-13-12-22-9-7-14(13)10-19(22)20(23)16-6-8-21-18-5-4-15(24-2)11-17(16)18;1-12(13-8-4-2-5-9-13)15(16(17)18)14-10-6-3-7-11-14/h3-6,8,11,13-14,19-20,23H,1,7,9-10,12H2,2H3;2-12,15H,1H3,(H,17,18). The van der Waals surface area contributed by atoms with Gasteiger partial charge in [-0.1, -0.05) is 73.7 Å². The molecule has 3 saturated heterocycles. The van der Waals surface area contributed by atoms with Crippen LogP contribution in [0.1, 0.15) is 54.4 Å². The van der Waals surface area contributed by atoms with E-state index in [4.69, 9.17) is 4.74 Å². The lowest BCUT2D eigenvalue weighted by molar-refractivity contribution is -0.139. The Morgan fingerprint density at radius 2 is 1.74 bits per heavy atom. The number of ether oxygens (including phenoxy) is 1. The summed E-state index contributed by atoms with van der Waals surface area (Å²) in [7, 11) is 1.66. The van der Waals surface area contributed by atoms with Gasteiger partial charge in [0.1, 0.15) is 5.75 Å². The maximum atomic E-state index is 11.5. The van der Waals surface area contributed by atoms with E-state index in [1.54, 1.807) is 13.3 Å². The predicted molar refractivity (Wildman–Crippen MR) is 167 cm³/mol. The highest BCUT2D eigenvalue weighted by atomic mass is 16.5. The van der Waals surface area contributed by atoms with Crippen molar-refractivity contribution < 1.29 is 19.7 Å². The van der Waals surface area contributed by atoms with Crippen molar-refractivity contribution in [2.75, 3.05) is 20.2 Å². The van der Waals surface area contributed by atoms with Crippen molar-refractivity contribution >= 4 is 16.9 Å². The zero-order chi connectivity index (χ0) is 29.6. The Morgan fingerprint density at radius 1 is 1.05 bits per heavy atom. The quantitative estimate of drug-likeness (QED) is 0.228. The van der Waals surface area contributed by atoms with Gasteiger partial charge < -0.3 is 14.9 Å². The number of hydrogen-bond acceptors (Lipinski definition) is 5. The number of benzene rings is 3. The van der Waals surface area contributed by atoms with Crippen LogP contribution >= 0.6 is 0 Å². The Hall–Kier alpha value is -4.00. The molecule has 7 atom stereocenters. The molecule has 2 bridgehead atoms. The highest BCUT2D eigenvalue weighted by molar-refractivity contribution is 5.84. The topological polar surface area (TPSA) is 82.9 Å². The molecule has 7 unspecified atom stereocenters. The molecule has 0 amide bonds. The normalized spacial score (nSPS) is 23.2. The van der Waals surface area contributed by atoms with Gasteiger partial charge in [0, 0.05) is 24.2 Å². The summed E-state index contributed by atoms with van der Waals surface area (Å²) in [5.74, 6) is 0.671. The highest BCUT2D eigenvalue weighted by Crippen LogP contribution is 2.42. The van der Waals surface area contributed by atoms with Gasteiger partial charge in [0.25, 0.3) is 0 Å². The number of piperidine rings is 3. The zero-order valence-corrected chi connectivity index (χ0v) is 24.3. The minimum atomic E-state index is -0.780. The minimum absolute atomic E-state index is 0.0499. The molecule has 0 spiro atoms. The van der Waals surface area contributed by atoms with Crippen LogP contribution in [0.4, 0.5) is 0 Å². The van der Waals surface area contributed by atoms with Crippen LogP contribution in [-0.4, -0.2) is 52.3 Å². The Labute approximate surface area is 248 Å². The number of aliphatic carboxylic acids is 1. The SMILES string of the molecule is C=CC1CN2CCC1CC2C(O)c1ccnc2ccc(OC)cc12.CC(c1ccccc1)C(C(=O)O)c1ccccc1.